The van der Waals surface area contributed by atoms with Crippen LogP contribution in [0.25, 0.3) is 0 Å². The lowest BCUT2D eigenvalue weighted by Gasteiger charge is -1.95. The van der Waals surface area contributed by atoms with Crippen LogP contribution in [-0.2, 0) is 9.09 Å². The second kappa shape index (κ2) is 4.82. The van der Waals surface area contributed by atoms with E-state index >= 15 is 0 Å². The average molecular weight is 152 g/mol. The zero-order valence-electron chi connectivity index (χ0n) is 5.28. The van der Waals surface area contributed by atoms with Gasteiger partial charge in [0.15, 0.2) is 0 Å². The Hall–Kier alpha value is -0.0200. The minimum absolute atomic E-state index is 0.127. The maximum atomic E-state index is 10.5. The highest BCUT2D eigenvalue weighted by Gasteiger charge is 2.19. The summed E-state index contributed by atoms with van der Waals surface area (Å²) in [6.45, 7) is 0.129. The molecule has 2 atom stereocenters. The molecule has 1 unspecified atom stereocenters. The van der Waals surface area contributed by atoms with E-state index in [1.54, 1.807) is 0 Å². The van der Waals surface area contributed by atoms with E-state index in [0.717, 1.165) is 0 Å². The fourth-order valence-electron chi connectivity index (χ4n) is 0.321. The molecular formula is C4H11NO3P+. The van der Waals surface area contributed by atoms with E-state index in [9.17, 15) is 4.57 Å². The maximum Gasteiger partial charge on any atom is 0.510 e. The molecule has 0 aliphatic rings. The van der Waals surface area contributed by atoms with Crippen LogP contribution in [0.1, 0.15) is 0 Å². The Morgan fingerprint density at radius 3 is 2.78 bits per heavy atom. The van der Waals surface area contributed by atoms with Gasteiger partial charge in [-0.15, -0.1) is 4.52 Å². The molecule has 0 aliphatic heterocycles. The van der Waals surface area contributed by atoms with Gasteiger partial charge in [0.2, 0.25) is 6.16 Å². The van der Waals surface area contributed by atoms with Crippen molar-refractivity contribution in [2.45, 2.75) is 6.10 Å². The summed E-state index contributed by atoms with van der Waals surface area (Å²) >= 11 is 0. The monoisotopic (exact) mass is 152 g/mol. The highest BCUT2D eigenvalue weighted by Crippen LogP contribution is 2.20. The van der Waals surface area contributed by atoms with Crippen molar-refractivity contribution in [3.8, 4) is 0 Å². The Kier molecular flexibility index (Phi) is 4.81. The molecule has 3 N–H and O–H groups in total. The van der Waals surface area contributed by atoms with Gasteiger partial charge in [-0.3, -0.25) is 0 Å². The summed E-state index contributed by atoms with van der Waals surface area (Å²) in [7, 11) is -0.368. The zero-order chi connectivity index (χ0) is 7.28. The highest BCUT2D eigenvalue weighted by atomic mass is 31.1. The second-order valence-electron chi connectivity index (χ2n) is 1.59. The molecule has 0 aromatic rings. The summed E-state index contributed by atoms with van der Waals surface area (Å²) in [6, 6.07) is 0. The molecule has 0 saturated heterocycles. The fourth-order valence-corrected chi connectivity index (χ4v) is 0.963. The topological polar surface area (TPSA) is 72.5 Å². The van der Waals surface area contributed by atoms with Crippen molar-refractivity contribution in [2.75, 3.05) is 19.8 Å². The van der Waals surface area contributed by atoms with Crippen LogP contribution in [0.15, 0.2) is 0 Å². The van der Waals surface area contributed by atoms with Crippen molar-refractivity contribution in [3.05, 3.63) is 0 Å². The van der Waals surface area contributed by atoms with Crippen LogP contribution >= 0.6 is 8.03 Å². The maximum absolute atomic E-state index is 10.5. The predicted octanol–water partition coefficient (Wildman–Crippen LogP) is -0.305. The van der Waals surface area contributed by atoms with Crippen LogP contribution in [0.3, 0.4) is 0 Å². The molecule has 0 amide bonds. The summed E-state index contributed by atoms with van der Waals surface area (Å²) in [5.41, 5.74) is 5.04. The van der Waals surface area contributed by atoms with Gasteiger partial charge in [-0.05, 0) is 4.57 Å². The normalized spacial score (nSPS) is 15.2. The van der Waals surface area contributed by atoms with Gasteiger partial charge >= 0.3 is 8.03 Å². The fraction of sp³-hybridized carbons (Fsp3) is 1.00. The van der Waals surface area contributed by atoms with Gasteiger partial charge in [-0.25, -0.2) is 0 Å². The summed E-state index contributed by atoms with van der Waals surface area (Å²) < 4.78 is 14.9. The summed E-state index contributed by atoms with van der Waals surface area (Å²) in [5, 5.41) is 8.77. The van der Waals surface area contributed by atoms with Crippen LogP contribution in [0, 0.1) is 0 Å². The van der Waals surface area contributed by atoms with Crippen molar-refractivity contribution >= 4 is 8.03 Å². The molecule has 0 rings (SSSR count). The van der Waals surface area contributed by atoms with Gasteiger partial charge in [-0.2, -0.15) is 0 Å². The van der Waals surface area contributed by atoms with Gasteiger partial charge in [0.25, 0.3) is 0 Å². The van der Waals surface area contributed by atoms with Crippen molar-refractivity contribution in [1.29, 1.82) is 0 Å². The molecule has 54 valence electrons. The van der Waals surface area contributed by atoms with E-state index in [4.69, 9.17) is 10.8 Å². The van der Waals surface area contributed by atoms with Crippen LogP contribution in [-0.4, -0.2) is 31.0 Å². The molecule has 0 aromatic heterocycles. The first kappa shape index (κ1) is 8.98. The zero-order valence-corrected chi connectivity index (χ0v) is 6.17. The first-order valence-electron chi connectivity index (χ1n) is 2.57. The molecule has 0 spiro atoms. The predicted molar refractivity (Wildman–Crippen MR) is 34.5 cm³/mol. The van der Waals surface area contributed by atoms with Gasteiger partial charge in [0, 0.05) is 6.54 Å². The number of hydrogen-bond acceptors (Lipinski definition) is 4. The van der Waals surface area contributed by atoms with Gasteiger partial charge in [-0.1, -0.05) is 0 Å². The minimum atomic E-state index is -1.70. The largest absolute Gasteiger partial charge is 0.510 e. The SMILES string of the molecule is CO[P+](=O)C[C@@H](O)CN. The first-order chi connectivity index (χ1) is 4.20. The Balaban J connectivity index is 3.34. The quantitative estimate of drug-likeness (QED) is 0.542. The molecule has 4 nitrogen and oxygen atoms in total. The molecule has 0 saturated carbocycles. The van der Waals surface area contributed by atoms with Crippen LogP contribution < -0.4 is 5.73 Å². The average Bonchev–Trinajstić information content (AvgIpc) is 1.87. The lowest BCUT2D eigenvalue weighted by Crippen LogP contribution is -2.21. The lowest BCUT2D eigenvalue weighted by molar-refractivity contribution is 0.202. The van der Waals surface area contributed by atoms with Crippen LogP contribution in [0.4, 0.5) is 0 Å². The van der Waals surface area contributed by atoms with E-state index in [-0.39, 0.29) is 12.7 Å². The third kappa shape index (κ3) is 4.48. The molecule has 9 heavy (non-hydrogen) atoms. The molecule has 0 aromatic carbocycles. The summed E-state index contributed by atoms with van der Waals surface area (Å²) in [5.74, 6) is 0. The molecule has 0 radical (unpaired) electrons. The Morgan fingerprint density at radius 2 is 2.44 bits per heavy atom. The van der Waals surface area contributed by atoms with E-state index in [0.29, 0.717) is 0 Å². The van der Waals surface area contributed by atoms with Crippen molar-refractivity contribution < 1.29 is 14.2 Å². The minimum Gasteiger partial charge on any atom is -0.387 e. The molecular weight excluding hydrogens is 141 g/mol. The lowest BCUT2D eigenvalue weighted by atomic mass is 10.4. The Labute approximate surface area is 54.9 Å². The van der Waals surface area contributed by atoms with Crippen molar-refractivity contribution in [1.82, 2.24) is 0 Å². The molecule has 0 heterocycles. The molecule has 5 heteroatoms. The number of aliphatic hydroxyl groups excluding tert-OH is 1. The number of nitrogens with two attached hydrogens (primary N) is 1. The van der Waals surface area contributed by atoms with E-state index < -0.39 is 14.1 Å². The van der Waals surface area contributed by atoms with E-state index in [2.05, 4.69) is 4.52 Å². The van der Waals surface area contributed by atoms with Crippen molar-refractivity contribution in [3.63, 3.8) is 0 Å². The third-order valence-corrected chi connectivity index (χ3v) is 1.96. The van der Waals surface area contributed by atoms with Gasteiger partial charge < -0.3 is 10.8 Å². The Morgan fingerprint density at radius 1 is 1.89 bits per heavy atom. The molecule has 0 fully saturated rings. The van der Waals surface area contributed by atoms with E-state index in [1.807, 2.05) is 0 Å². The molecule has 0 bridgehead atoms. The number of aliphatic hydroxyl groups is 1. The first-order valence-corrected chi connectivity index (χ1v) is 3.94. The molecule has 0 aliphatic carbocycles. The smallest absolute Gasteiger partial charge is 0.387 e. The highest BCUT2D eigenvalue weighted by molar-refractivity contribution is 7.39. The Bertz CT molecular complexity index is 97.8. The third-order valence-electron chi connectivity index (χ3n) is 0.836. The van der Waals surface area contributed by atoms with Crippen LogP contribution in [0.5, 0.6) is 0 Å². The van der Waals surface area contributed by atoms with Gasteiger partial charge in [0.1, 0.15) is 6.10 Å². The van der Waals surface area contributed by atoms with Crippen molar-refractivity contribution in [2.24, 2.45) is 5.73 Å². The van der Waals surface area contributed by atoms with E-state index in [1.165, 1.54) is 7.11 Å². The van der Waals surface area contributed by atoms with Gasteiger partial charge in [0.05, 0.1) is 7.11 Å². The summed E-state index contributed by atoms with van der Waals surface area (Å²) in [4.78, 5) is 0. The van der Waals surface area contributed by atoms with Crippen LogP contribution in [0.2, 0.25) is 0 Å². The standard InChI is InChI=1S/C4H11NO3P/c1-8-9(7)3-4(6)2-5/h4,6H,2-3,5H2,1H3/q+1/t4-/m0/s1. The summed E-state index contributed by atoms with van der Waals surface area (Å²) in [6.07, 6.45) is -0.573. The number of rotatable bonds is 4. The second-order valence-corrected chi connectivity index (χ2v) is 2.98. The number of hydrogen-bond donors (Lipinski definition) is 2.